The number of anilines is 1. The van der Waals surface area contributed by atoms with Crippen molar-refractivity contribution < 1.29 is 10.0 Å². The number of phenols is 1. The van der Waals surface area contributed by atoms with Gasteiger partial charge in [0.25, 0.3) is 5.69 Å². The van der Waals surface area contributed by atoms with E-state index in [0.29, 0.717) is 16.8 Å². The molecule has 0 spiro atoms. The molecule has 28 heavy (non-hydrogen) atoms. The Morgan fingerprint density at radius 1 is 0.929 bits per heavy atom. The Kier molecular flexibility index (Phi) is 4.60. The molecule has 4 aromatic rings. The summed E-state index contributed by atoms with van der Waals surface area (Å²) in [7, 11) is 0. The van der Waals surface area contributed by atoms with Gasteiger partial charge in [0, 0.05) is 23.2 Å². The molecule has 0 fully saturated rings. The Labute approximate surface area is 161 Å². The maximum Gasteiger partial charge on any atom is 0.292 e. The predicted molar refractivity (Wildman–Crippen MR) is 108 cm³/mol. The fraction of sp³-hybridized carbons (Fsp3) is 0.0455. The van der Waals surface area contributed by atoms with Gasteiger partial charge >= 0.3 is 0 Å². The molecule has 6 nitrogen and oxygen atoms in total. The average molecular weight is 371 g/mol. The van der Waals surface area contributed by atoms with Gasteiger partial charge in [-0.15, -0.1) is 0 Å². The normalized spacial score (nSPS) is 11.9. The summed E-state index contributed by atoms with van der Waals surface area (Å²) in [6, 6.07) is 22.9. The van der Waals surface area contributed by atoms with Crippen LogP contribution in [0.15, 0.2) is 85.1 Å². The number of nitro groups is 1. The number of benzene rings is 3. The Morgan fingerprint density at radius 3 is 2.46 bits per heavy atom. The van der Waals surface area contributed by atoms with Crippen LogP contribution in [-0.4, -0.2) is 15.0 Å². The summed E-state index contributed by atoms with van der Waals surface area (Å²) < 4.78 is 0. The van der Waals surface area contributed by atoms with E-state index in [9.17, 15) is 15.2 Å². The highest BCUT2D eigenvalue weighted by atomic mass is 16.6. The van der Waals surface area contributed by atoms with Crippen LogP contribution in [0.5, 0.6) is 5.75 Å². The van der Waals surface area contributed by atoms with Crippen LogP contribution in [0.3, 0.4) is 0 Å². The van der Waals surface area contributed by atoms with Crippen molar-refractivity contribution in [3.63, 3.8) is 0 Å². The van der Waals surface area contributed by atoms with Gasteiger partial charge in [-0.3, -0.25) is 15.1 Å². The van der Waals surface area contributed by atoms with E-state index in [2.05, 4.69) is 10.3 Å². The van der Waals surface area contributed by atoms with E-state index in [1.54, 1.807) is 24.4 Å². The molecule has 1 atom stereocenters. The summed E-state index contributed by atoms with van der Waals surface area (Å²) in [5.41, 5.74) is 2.30. The van der Waals surface area contributed by atoms with Gasteiger partial charge in [0.2, 0.25) is 0 Å². The second-order valence-electron chi connectivity index (χ2n) is 6.34. The summed E-state index contributed by atoms with van der Waals surface area (Å²) in [6.07, 6.45) is 1.62. The number of aromatic nitrogens is 1. The van der Waals surface area contributed by atoms with E-state index in [0.717, 1.165) is 10.9 Å². The SMILES string of the molecule is O=[N+]([O-])c1ccccc1NC(c1ccccc1)c1ccc2cccnc2c1O. The number of para-hydroxylation sites is 2. The molecule has 1 heterocycles. The second-order valence-corrected chi connectivity index (χ2v) is 6.34. The van der Waals surface area contributed by atoms with Crippen LogP contribution in [0.2, 0.25) is 0 Å². The van der Waals surface area contributed by atoms with Gasteiger partial charge in [-0.25, -0.2) is 0 Å². The monoisotopic (exact) mass is 371 g/mol. The van der Waals surface area contributed by atoms with Crippen LogP contribution in [-0.2, 0) is 0 Å². The van der Waals surface area contributed by atoms with Crippen molar-refractivity contribution in [2.24, 2.45) is 0 Å². The lowest BCUT2D eigenvalue weighted by molar-refractivity contribution is -0.384. The van der Waals surface area contributed by atoms with Crippen molar-refractivity contribution in [1.82, 2.24) is 4.98 Å². The van der Waals surface area contributed by atoms with E-state index in [1.807, 2.05) is 54.6 Å². The maximum absolute atomic E-state index is 11.4. The summed E-state index contributed by atoms with van der Waals surface area (Å²) in [5, 5.41) is 26.4. The molecule has 6 heteroatoms. The molecule has 0 amide bonds. The predicted octanol–water partition coefficient (Wildman–Crippen LogP) is 5.05. The lowest BCUT2D eigenvalue weighted by Crippen LogP contribution is -2.14. The highest BCUT2D eigenvalue weighted by Gasteiger charge is 2.23. The van der Waals surface area contributed by atoms with Gasteiger partial charge < -0.3 is 10.4 Å². The first kappa shape index (κ1) is 17.5. The average Bonchev–Trinajstić information content (AvgIpc) is 2.74. The van der Waals surface area contributed by atoms with Crippen molar-refractivity contribution >= 4 is 22.3 Å². The largest absolute Gasteiger partial charge is 0.505 e. The number of aromatic hydroxyl groups is 1. The first-order valence-corrected chi connectivity index (χ1v) is 8.76. The zero-order valence-corrected chi connectivity index (χ0v) is 14.8. The molecular weight excluding hydrogens is 354 g/mol. The third kappa shape index (κ3) is 3.23. The summed E-state index contributed by atoms with van der Waals surface area (Å²) in [4.78, 5) is 15.3. The summed E-state index contributed by atoms with van der Waals surface area (Å²) >= 11 is 0. The zero-order chi connectivity index (χ0) is 19.5. The minimum Gasteiger partial charge on any atom is -0.505 e. The van der Waals surface area contributed by atoms with Gasteiger partial charge in [-0.05, 0) is 17.7 Å². The summed E-state index contributed by atoms with van der Waals surface area (Å²) in [5.74, 6) is 0.0537. The van der Waals surface area contributed by atoms with Crippen molar-refractivity contribution in [3.05, 3.63) is 106 Å². The minimum absolute atomic E-state index is 0.0261. The Bertz CT molecular complexity index is 1150. The number of fused-ring (bicyclic) bond motifs is 1. The Hall–Kier alpha value is -3.93. The zero-order valence-electron chi connectivity index (χ0n) is 14.8. The quantitative estimate of drug-likeness (QED) is 0.378. The van der Waals surface area contributed by atoms with Crippen LogP contribution in [0.25, 0.3) is 10.9 Å². The molecule has 138 valence electrons. The molecule has 0 radical (unpaired) electrons. The standard InChI is InChI=1S/C22H17N3O3/c26-22-17(13-12-16-9-6-14-23-21(16)22)20(15-7-2-1-3-8-15)24-18-10-4-5-11-19(18)25(27)28/h1-14,20,24,26H. The number of rotatable bonds is 5. The molecule has 0 aliphatic rings. The van der Waals surface area contributed by atoms with Crippen LogP contribution < -0.4 is 5.32 Å². The number of nitro benzene ring substituents is 1. The first-order valence-electron chi connectivity index (χ1n) is 8.76. The number of nitrogens with zero attached hydrogens (tertiary/aromatic N) is 2. The fourth-order valence-electron chi connectivity index (χ4n) is 3.27. The number of phenolic OH excluding ortho intramolecular Hbond substituents is 1. The minimum atomic E-state index is -0.492. The van der Waals surface area contributed by atoms with Crippen molar-refractivity contribution in [2.45, 2.75) is 6.04 Å². The molecular formula is C22H17N3O3. The van der Waals surface area contributed by atoms with Crippen molar-refractivity contribution in [2.75, 3.05) is 5.32 Å². The highest BCUT2D eigenvalue weighted by molar-refractivity contribution is 5.86. The van der Waals surface area contributed by atoms with Crippen molar-refractivity contribution in [3.8, 4) is 5.75 Å². The number of hydrogen-bond acceptors (Lipinski definition) is 5. The molecule has 0 saturated heterocycles. The van der Waals surface area contributed by atoms with Gasteiger partial charge in [0.15, 0.2) is 0 Å². The van der Waals surface area contributed by atoms with Gasteiger partial charge in [-0.2, -0.15) is 0 Å². The molecule has 2 N–H and O–H groups in total. The lowest BCUT2D eigenvalue weighted by Gasteiger charge is -2.22. The maximum atomic E-state index is 11.4. The molecule has 4 rings (SSSR count). The molecule has 3 aromatic carbocycles. The Morgan fingerprint density at radius 2 is 1.68 bits per heavy atom. The number of nitrogens with one attached hydrogen (secondary N) is 1. The third-order valence-electron chi connectivity index (χ3n) is 4.62. The molecule has 1 aromatic heterocycles. The van der Waals surface area contributed by atoms with Gasteiger partial charge in [0.1, 0.15) is 17.0 Å². The van der Waals surface area contributed by atoms with Gasteiger partial charge in [-0.1, -0.05) is 60.7 Å². The lowest BCUT2D eigenvalue weighted by atomic mass is 9.96. The van der Waals surface area contributed by atoms with Crippen LogP contribution in [0.1, 0.15) is 17.2 Å². The Balaban J connectivity index is 1.87. The molecule has 0 saturated carbocycles. The summed E-state index contributed by atoms with van der Waals surface area (Å²) in [6.45, 7) is 0. The highest BCUT2D eigenvalue weighted by Crippen LogP contribution is 2.37. The topological polar surface area (TPSA) is 88.3 Å². The van der Waals surface area contributed by atoms with E-state index < -0.39 is 11.0 Å². The van der Waals surface area contributed by atoms with E-state index in [1.165, 1.54) is 6.07 Å². The fourth-order valence-corrected chi connectivity index (χ4v) is 3.27. The number of hydrogen-bond donors (Lipinski definition) is 2. The number of pyridine rings is 1. The second kappa shape index (κ2) is 7.36. The van der Waals surface area contributed by atoms with E-state index in [-0.39, 0.29) is 11.4 Å². The molecule has 0 bridgehead atoms. The molecule has 0 aliphatic carbocycles. The van der Waals surface area contributed by atoms with Gasteiger partial charge in [0.05, 0.1) is 11.0 Å². The molecule has 1 unspecified atom stereocenters. The van der Waals surface area contributed by atoms with Crippen LogP contribution in [0.4, 0.5) is 11.4 Å². The van der Waals surface area contributed by atoms with Crippen molar-refractivity contribution in [1.29, 1.82) is 0 Å². The first-order chi connectivity index (χ1) is 13.6. The van der Waals surface area contributed by atoms with E-state index >= 15 is 0 Å². The smallest absolute Gasteiger partial charge is 0.292 e. The van der Waals surface area contributed by atoms with E-state index in [4.69, 9.17) is 0 Å². The third-order valence-corrected chi connectivity index (χ3v) is 4.62. The van der Waals surface area contributed by atoms with Crippen LogP contribution in [0, 0.1) is 10.1 Å². The van der Waals surface area contributed by atoms with Crippen LogP contribution >= 0.6 is 0 Å². The molecule has 0 aliphatic heterocycles.